The van der Waals surface area contributed by atoms with Crippen molar-refractivity contribution in [3.05, 3.63) is 12.8 Å². The molecule has 0 atom stereocenters. The summed E-state index contributed by atoms with van der Waals surface area (Å²) in [7, 11) is 0. The first kappa shape index (κ1) is 19.4. The van der Waals surface area contributed by atoms with Gasteiger partial charge in [0.1, 0.15) is 0 Å². The molecule has 0 aliphatic rings. The Balaban J connectivity index is -0.000000173. The second-order valence-corrected chi connectivity index (χ2v) is 3.81. The van der Waals surface area contributed by atoms with Gasteiger partial charge in [-0.2, -0.15) is 25.7 Å². The van der Waals surface area contributed by atoms with E-state index in [1.54, 1.807) is 5.92 Å². The third-order valence-electron chi connectivity index (χ3n) is 1.56. The smallest absolute Gasteiger partial charge is 0.341 e. The van der Waals surface area contributed by atoms with Crippen LogP contribution in [0, 0.1) is 18.8 Å². The predicted molar refractivity (Wildman–Crippen MR) is 64.7 cm³/mol. The Morgan fingerprint density at radius 3 is 1.85 bits per heavy atom. The molecule has 0 aromatic carbocycles. The molecule has 13 heavy (non-hydrogen) atoms. The van der Waals surface area contributed by atoms with Gasteiger partial charge < -0.3 is 12.8 Å². The third-order valence-corrected chi connectivity index (χ3v) is 1.56. The molecule has 0 saturated carbocycles. The molecule has 0 aliphatic heterocycles. The molecular formula is C12H26Mg. The second-order valence-electron chi connectivity index (χ2n) is 3.81. The number of hydrogen-bond donors (Lipinski definition) is 0. The molecule has 0 radical (unpaired) electrons. The van der Waals surface area contributed by atoms with E-state index in [2.05, 4.69) is 41.5 Å². The van der Waals surface area contributed by atoms with Crippen LogP contribution in [-0.4, -0.2) is 23.1 Å². The van der Waals surface area contributed by atoms with Gasteiger partial charge in [-0.25, -0.2) is 0 Å². The first-order chi connectivity index (χ1) is 5.54. The van der Waals surface area contributed by atoms with Gasteiger partial charge in [-0.05, 0) is 0 Å². The Hall–Kier alpha value is 0.766. The van der Waals surface area contributed by atoms with Gasteiger partial charge in [-0.3, -0.25) is 0 Å². The van der Waals surface area contributed by atoms with Gasteiger partial charge >= 0.3 is 23.1 Å². The van der Waals surface area contributed by atoms with Crippen molar-refractivity contribution in [1.29, 1.82) is 0 Å². The summed E-state index contributed by atoms with van der Waals surface area (Å²) in [4.78, 5) is 0. The van der Waals surface area contributed by atoms with Crippen molar-refractivity contribution in [2.75, 3.05) is 0 Å². The number of unbranched alkanes of at least 4 members (excludes halogenated alkanes) is 1. The Bertz CT molecular complexity index is 66.8. The van der Waals surface area contributed by atoms with E-state index in [0.29, 0.717) is 5.92 Å². The van der Waals surface area contributed by atoms with Gasteiger partial charge in [-0.1, -0.05) is 40.5 Å². The van der Waals surface area contributed by atoms with E-state index in [-0.39, 0.29) is 23.1 Å². The van der Waals surface area contributed by atoms with Crippen LogP contribution in [0.3, 0.4) is 0 Å². The largest absolute Gasteiger partial charge is 2.00 e. The van der Waals surface area contributed by atoms with Crippen LogP contribution in [-0.2, 0) is 0 Å². The molecule has 0 unspecified atom stereocenters. The monoisotopic (exact) mass is 194 g/mol. The molecule has 0 spiro atoms. The van der Waals surface area contributed by atoms with Crippen molar-refractivity contribution < 1.29 is 0 Å². The van der Waals surface area contributed by atoms with Crippen molar-refractivity contribution >= 4 is 23.1 Å². The van der Waals surface area contributed by atoms with Crippen molar-refractivity contribution in [2.45, 2.75) is 60.3 Å². The van der Waals surface area contributed by atoms with Crippen LogP contribution in [0.4, 0.5) is 0 Å². The maximum Gasteiger partial charge on any atom is 2.00 e. The van der Waals surface area contributed by atoms with E-state index in [1.807, 2.05) is 0 Å². The molecule has 0 aromatic heterocycles. The second kappa shape index (κ2) is 15.2. The van der Waals surface area contributed by atoms with Crippen LogP contribution < -0.4 is 0 Å². The fraction of sp³-hybridized carbons (Fsp3) is 0.833. The Labute approximate surface area is 102 Å². The molecule has 76 valence electrons. The van der Waals surface area contributed by atoms with Crippen LogP contribution in [0.2, 0.25) is 0 Å². The SMILES string of the molecule is CCCC[C-](C)CC.[CH2-]C(C)C.[Mg+2]. The maximum absolute atomic E-state index is 3.64. The topological polar surface area (TPSA) is 0 Å². The minimum Gasteiger partial charge on any atom is -0.341 e. The molecule has 0 rings (SSSR count). The summed E-state index contributed by atoms with van der Waals surface area (Å²) in [6.45, 7) is 14.5. The van der Waals surface area contributed by atoms with Gasteiger partial charge in [0.05, 0.1) is 0 Å². The summed E-state index contributed by atoms with van der Waals surface area (Å²) < 4.78 is 0. The molecule has 1 heteroatoms. The van der Waals surface area contributed by atoms with E-state index in [9.17, 15) is 0 Å². The molecular weight excluding hydrogens is 168 g/mol. The average molecular weight is 195 g/mol. The summed E-state index contributed by atoms with van der Waals surface area (Å²) in [6, 6.07) is 0. The van der Waals surface area contributed by atoms with Crippen LogP contribution >= 0.6 is 0 Å². The van der Waals surface area contributed by atoms with Crippen molar-refractivity contribution in [3.8, 4) is 0 Å². The Kier molecular flexibility index (Phi) is 22.7. The van der Waals surface area contributed by atoms with Crippen LogP contribution in [0.1, 0.15) is 60.3 Å². The minimum atomic E-state index is 0. The zero-order chi connectivity index (χ0) is 9.98. The van der Waals surface area contributed by atoms with E-state index < -0.39 is 0 Å². The first-order valence-electron chi connectivity index (χ1n) is 5.18. The Morgan fingerprint density at radius 2 is 1.62 bits per heavy atom. The van der Waals surface area contributed by atoms with Crippen molar-refractivity contribution in [3.63, 3.8) is 0 Å². The number of hydrogen-bond acceptors (Lipinski definition) is 0. The van der Waals surface area contributed by atoms with Crippen LogP contribution in [0.5, 0.6) is 0 Å². The van der Waals surface area contributed by atoms with Crippen molar-refractivity contribution in [1.82, 2.24) is 0 Å². The zero-order valence-electron chi connectivity index (χ0n) is 10.3. The van der Waals surface area contributed by atoms with Crippen molar-refractivity contribution in [2.24, 2.45) is 5.92 Å². The summed E-state index contributed by atoms with van der Waals surface area (Å²) in [5, 5.41) is 0. The average Bonchev–Trinajstić information content (AvgIpc) is 1.99. The molecule has 0 aliphatic carbocycles. The summed E-state index contributed by atoms with van der Waals surface area (Å²) >= 11 is 0. The van der Waals surface area contributed by atoms with Crippen LogP contribution in [0.15, 0.2) is 0 Å². The predicted octanol–water partition coefficient (Wildman–Crippen LogP) is 4.28. The third kappa shape index (κ3) is 32.3. The van der Waals surface area contributed by atoms with Gasteiger partial charge in [0.2, 0.25) is 0 Å². The Morgan fingerprint density at radius 1 is 1.23 bits per heavy atom. The summed E-state index contributed by atoms with van der Waals surface area (Å²) in [5.41, 5.74) is 0. The molecule has 0 amide bonds. The molecule has 0 bridgehead atoms. The summed E-state index contributed by atoms with van der Waals surface area (Å²) in [5.74, 6) is 2.23. The van der Waals surface area contributed by atoms with Gasteiger partial charge in [0.25, 0.3) is 0 Å². The van der Waals surface area contributed by atoms with E-state index in [4.69, 9.17) is 0 Å². The van der Waals surface area contributed by atoms with Gasteiger partial charge in [-0.15, -0.1) is 0 Å². The van der Waals surface area contributed by atoms with E-state index >= 15 is 0 Å². The molecule has 0 nitrogen and oxygen atoms in total. The molecule has 0 saturated heterocycles. The maximum atomic E-state index is 3.64. The molecule has 0 heterocycles. The molecule has 0 aromatic rings. The fourth-order valence-electron chi connectivity index (χ4n) is 0.655. The molecule has 0 fully saturated rings. The first-order valence-corrected chi connectivity index (χ1v) is 5.18. The van der Waals surface area contributed by atoms with E-state index in [0.717, 1.165) is 0 Å². The van der Waals surface area contributed by atoms with E-state index in [1.165, 1.54) is 25.7 Å². The minimum absolute atomic E-state index is 0. The molecule has 0 N–H and O–H groups in total. The van der Waals surface area contributed by atoms with Gasteiger partial charge in [0, 0.05) is 0 Å². The van der Waals surface area contributed by atoms with Gasteiger partial charge in [0.15, 0.2) is 0 Å². The quantitative estimate of drug-likeness (QED) is 0.463. The summed E-state index contributed by atoms with van der Waals surface area (Å²) in [6.07, 6.45) is 5.31. The normalized spacial score (nSPS) is 9.23. The zero-order valence-corrected chi connectivity index (χ0v) is 11.7. The standard InChI is InChI=1S/C8H17.C4H9.Mg/c1-4-6-7-8(3)5-2;1-4(2)3;/h4-7H2,1-3H3;4H,1H2,2-3H3;/q2*-1;+2. The van der Waals surface area contributed by atoms with Crippen LogP contribution in [0.25, 0.3) is 0 Å². The fourth-order valence-corrected chi connectivity index (χ4v) is 0.655. The number of rotatable bonds is 4.